The van der Waals surface area contributed by atoms with Gasteiger partial charge in [-0.3, -0.25) is 0 Å². The van der Waals surface area contributed by atoms with E-state index in [1.165, 1.54) is 10.9 Å². The van der Waals surface area contributed by atoms with Gasteiger partial charge < -0.3 is 23.5 Å². The minimum atomic E-state index is 0.295. The van der Waals surface area contributed by atoms with Gasteiger partial charge in [0.15, 0.2) is 0 Å². The molecule has 154 valence electrons. The number of likely N-dealkylation sites (tertiary alicyclic amines) is 1. The Morgan fingerprint density at radius 1 is 1.14 bits per heavy atom. The van der Waals surface area contributed by atoms with Crippen molar-refractivity contribution in [3.8, 4) is 5.75 Å². The standard InChI is InChI=1S/C23H30N4O2/c1-25-15-10-24-23(25)8-13-26-11-5-19(6-12-26)29-22-4-2-3-21-20(22)7-14-27(21)18-9-16-28-17-18/h2-4,7,10,14-15,18-19H,5-6,8-9,11-13,16-17H2,1H3. The van der Waals surface area contributed by atoms with E-state index >= 15 is 0 Å². The van der Waals surface area contributed by atoms with Crippen LogP contribution >= 0.6 is 0 Å². The third kappa shape index (κ3) is 3.91. The molecule has 0 radical (unpaired) electrons. The molecule has 4 heterocycles. The molecule has 6 heteroatoms. The van der Waals surface area contributed by atoms with Gasteiger partial charge in [-0.05, 0) is 37.5 Å². The predicted octanol–water partition coefficient (Wildman–Crippen LogP) is 3.42. The normalized spacial score (nSPS) is 21.2. The van der Waals surface area contributed by atoms with Gasteiger partial charge in [0.2, 0.25) is 0 Å². The van der Waals surface area contributed by atoms with Gasteiger partial charge in [-0.1, -0.05) is 6.07 Å². The zero-order valence-corrected chi connectivity index (χ0v) is 17.2. The van der Waals surface area contributed by atoms with Crippen molar-refractivity contribution < 1.29 is 9.47 Å². The minimum absolute atomic E-state index is 0.295. The number of imidazole rings is 1. The molecule has 2 fully saturated rings. The molecular weight excluding hydrogens is 364 g/mol. The van der Waals surface area contributed by atoms with Crippen LogP contribution in [0.4, 0.5) is 0 Å². The van der Waals surface area contributed by atoms with Crippen LogP contribution in [-0.2, 0) is 18.2 Å². The Kier molecular flexibility index (Phi) is 5.29. The summed E-state index contributed by atoms with van der Waals surface area (Å²) in [5, 5.41) is 1.22. The van der Waals surface area contributed by atoms with Crippen molar-refractivity contribution in [1.82, 2.24) is 19.0 Å². The van der Waals surface area contributed by atoms with E-state index in [9.17, 15) is 0 Å². The third-order valence-electron chi connectivity index (χ3n) is 6.42. The largest absolute Gasteiger partial charge is 0.490 e. The first kappa shape index (κ1) is 18.7. The van der Waals surface area contributed by atoms with Gasteiger partial charge in [0.1, 0.15) is 17.7 Å². The number of hydrogen-bond acceptors (Lipinski definition) is 4. The van der Waals surface area contributed by atoms with Crippen molar-refractivity contribution in [2.45, 2.75) is 37.8 Å². The average molecular weight is 395 g/mol. The second kappa shape index (κ2) is 8.20. The highest BCUT2D eigenvalue weighted by Crippen LogP contribution is 2.32. The number of piperidine rings is 1. The molecule has 1 aromatic carbocycles. The van der Waals surface area contributed by atoms with Gasteiger partial charge in [0, 0.05) is 63.7 Å². The smallest absolute Gasteiger partial charge is 0.129 e. The lowest BCUT2D eigenvalue weighted by Gasteiger charge is -2.32. The average Bonchev–Trinajstić information content (AvgIpc) is 3.48. The lowest BCUT2D eigenvalue weighted by Crippen LogP contribution is -2.39. The molecule has 1 unspecified atom stereocenters. The molecule has 1 atom stereocenters. The summed E-state index contributed by atoms with van der Waals surface area (Å²) >= 11 is 0. The van der Waals surface area contributed by atoms with E-state index in [0.717, 1.165) is 70.1 Å². The Hall–Kier alpha value is -2.31. The fraction of sp³-hybridized carbons (Fsp3) is 0.522. The van der Waals surface area contributed by atoms with Crippen LogP contribution in [0.1, 0.15) is 31.1 Å². The lowest BCUT2D eigenvalue weighted by molar-refractivity contribution is 0.102. The fourth-order valence-electron chi connectivity index (χ4n) is 4.65. The van der Waals surface area contributed by atoms with Crippen LogP contribution in [0.25, 0.3) is 10.9 Å². The SMILES string of the molecule is Cn1ccnc1CCN1CCC(Oc2cccc3c2ccn3C2CCOC2)CC1. The second-order valence-electron chi connectivity index (χ2n) is 8.29. The molecule has 29 heavy (non-hydrogen) atoms. The van der Waals surface area contributed by atoms with Crippen LogP contribution in [0.3, 0.4) is 0 Å². The number of hydrogen-bond donors (Lipinski definition) is 0. The minimum Gasteiger partial charge on any atom is -0.490 e. The van der Waals surface area contributed by atoms with Crippen molar-refractivity contribution in [3.05, 3.63) is 48.7 Å². The molecule has 0 bridgehead atoms. The summed E-state index contributed by atoms with van der Waals surface area (Å²) in [6.07, 6.45) is 10.6. The van der Waals surface area contributed by atoms with Crippen molar-refractivity contribution in [2.75, 3.05) is 32.8 Å². The summed E-state index contributed by atoms with van der Waals surface area (Å²) in [5.41, 5.74) is 1.26. The zero-order chi connectivity index (χ0) is 19.6. The molecule has 6 nitrogen and oxygen atoms in total. The number of fused-ring (bicyclic) bond motifs is 1. The van der Waals surface area contributed by atoms with Gasteiger partial charge in [0.05, 0.1) is 18.2 Å². The molecule has 0 saturated carbocycles. The first-order chi connectivity index (χ1) is 14.3. The quantitative estimate of drug-likeness (QED) is 0.643. The molecule has 2 saturated heterocycles. The molecule has 0 amide bonds. The lowest BCUT2D eigenvalue weighted by atomic mass is 10.1. The summed E-state index contributed by atoms with van der Waals surface area (Å²) in [6.45, 7) is 4.92. The molecule has 5 rings (SSSR count). The Morgan fingerprint density at radius 3 is 2.79 bits per heavy atom. The van der Waals surface area contributed by atoms with Crippen molar-refractivity contribution in [2.24, 2.45) is 7.05 Å². The van der Waals surface area contributed by atoms with Crippen LogP contribution in [0.5, 0.6) is 5.75 Å². The monoisotopic (exact) mass is 394 g/mol. The summed E-state index contributed by atoms with van der Waals surface area (Å²) in [5.74, 6) is 2.18. The topological polar surface area (TPSA) is 44.5 Å². The summed E-state index contributed by atoms with van der Waals surface area (Å²) in [6, 6.07) is 9.08. The number of benzene rings is 1. The highest BCUT2D eigenvalue weighted by atomic mass is 16.5. The number of aromatic nitrogens is 3. The molecule has 2 aliphatic heterocycles. The van der Waals surface area contributed by atoms with E-state index in [4.69, 9.17) is 9.47 Å². The number of aryl methyl sites for hydroxylation is 1. The highest BCUT2D eigenvalue weighted by Gasteiger charge is 2.23. The van der Waals surface area contributed by atoms with Gasteiger partial charge in [-0.25, -0.2) is 4.98 Å². The van der Waals surface area contributed by atoms with Crippen LogP contribution in [0, 0.1) is 0 Å². The second-order valence-corrected chi connectivity index (χ2v) is 8.29. The van der Waals surface area contributed by atoms with Crippen molar-refractivity contribution in [1.29, 1.82) is 0 Å². The van der Waals surface area contributed by atoms with E-state index in [1.54, 1.807) is 0 Å². The summed E-state index contributed by atoms with van der Waals surface area (Å²) in [7, 11) is 2.07. The Morgan fingerprint density at radius 2 is 2.03 bits per heavy atom. The maximum absolute atomic E-state index is 6.47. The maximum Gasteiger partial charge on any atom is 0.129 e. The maximum atomic E-state index is 6.47. The Balaban J connectivity index is 1.19. The van der Waals surface area contributed by atoms with Crippen molar-refractivity contribution in [3.63, 3.8) is 0 Å². The highest BCUT2D eigenvalue weighted by molar-refractivity contribution is 5.86. The third-order valence-corrected chi connectivity index (χ3v) is 6.42. The predicted molar refractivity (Wildman–Crippen MR) is 113 cm³/mol. The van der Waals surface area contributed by atoms with Crippen molar-refractivity contribution >= 4 is 10.9 Å². The molecule has 3 aromatic rings. The van der Waals surface area contributed by atoms with Gasteiger partial charge in [-0.15, -0.1) is 0 Å². The van der Waals surface area contributed by atoms with Crippen LogP contribution in [0.2, 0.25) is 0 Å². The molecule has 0 spiro atoms. The first-order valence-corrected chi connectivity index (χ1v) is 10.8. The summed E-state index contributed by atoms with van der Waals surface area (Å²) < 4.78 is 16.5. The fourth-order valence-corrected chi connectivity index (χ4v) is 4.65. The van der Waals surface area contributed by atoms with Gasteiger partial charge in [0.25, 0.3) is 0 Å². The van der Waals surface area contributed by atoms with E-state index in [1.807, 2.05) is 12.4 Å². The summed E-state index contributed by atoms with van der Waals surface area (Å²) in [4.78, 5) is 6.97. The Bertz CT molecular complexity index is 949. The van der Waals surface area contributed by atoms with Crippen LogP contribution in [-0.4, -0.2) is 58.0 Å². The molecule has 0 aliphatic carbocycles. The van der Waals surface area contributed by atoms with E-state index in [2.05, 4.69) is 56.5 Å². The van der Waals surface area contributed by atoms with Crippen LogP contribution < -0.4 is 4.74 Å². The Labute approximate surface area is 172 Å². The number of nitrogens with zero attached hydrogens (tertiary/aromatic N) is 4. The van der Waals surface area contributed by atoms with Crippen LogP contribution in [0.15, 0.2) is 42.9 Å². The number of rotatable bonds is 6. The van der Waals surface area contributed by atoms with Gasteiger partial charge >= 0.3 is 0 Å². The van der Waals surface area contributed by atoms with E-state index in [-0.39, 0.29) is 0 Å². The molecular formula is C23H30N4O2. The molecule has 2 aromatic heterocycles. The molecule has 2 aliphatic rings. The number of ether oxygens (including phenoxy) is 2. The van der Waals surface area contributed by atoms with E-state index in [0.29, 0.717) is 12.1 Å². The molecule has 0 N–H and O–H groups in total. The zero-order valence-electron chi connectivity index (χ0n) is 17.2. The van der Waals surface area contributed by atoms with E-state index < -0.39 is 0 Å². The van der Waals surface area contributed by atoms with Gasteiger partial charge in [-0.2, -0.15) is 0 Å². The first-order valence-electron chi connectivity index (χ1n) is 10.8.